The van der Waals surface area contributed by atoms with E-state index in [1.807, 2.05) is 0 Å². The van der Waals surface area contributed by atoms with Gasteiger partial charge in [0.2, 0.25) is 0 Å². The highest BCUT2D eigenvalue weighted by molar-refractivity contribution is 5.53. The van der Waals surface area contributed by atoms with Crippen LogP contribution in [0.4, 0.5) is 5.69 Å². The van der Waals surface area contributed by atoms with Crippen molar-refractivity contribution in [3.63, 3.8) is 0 Å². The predicted molar refractivity (Wildman–Crippen MR) is 47.8 cm³/mol. The maximum Gasteiger partial charge on any atom is 0.117 e. The molecule has 0 saturated carbocycles. The van der Waals surface area contributed by atoms with Gasteiger partial charge in [-0.05, 0) is 19.9 Å². The summed E-state index contributed by atoms with van der Waals surface area (Å²) >= 11 is 0. The van der Waals surface area contributed by atoms with Crippen LogP contribution < -0.4 is 5.73 Å². The maximum atomic E-state index is 9.60. The average molecular weight is 167 g/mol. The van der Waals surface area contributed by atoms with Gasteiger partial charge < -0.3 is 15.9 Å². The summed E-state index contributed by atoms with van der Waals surface area (Å²) in [5, 5.41) is 18.6. The number of rotatable bonds is 1. The fraction of sp³-hybridized carbons (Fsp3) is 0.333. The zero-order valence-corrected chi connectivity index (χ0v) is 7.20. The first-order chi connectivity index (χ1) is 5.41. The van der Waals surface area contributed by atoms with Gasteiger partial charge >= 0.3 is 0 Å². The minimum Gasteiger partial charge on any atom is -0.508 e. The monoisotopic (exact) mass is 167 g/mol. The number of nitrogen functional groups attached to an aromatic ring is 1. The fourth-order valence-electron chi connectivity index (χ4n) is 1.11. The molecular formula is C9H13NO2. The van der Waals surface area contributed by atoms with Crippen molar-refractivity contribution < 1.29 is 10.2 Å². The van der Waals surface area contributed by atoms with E-state index in [2.05, 4.69) is 0 Å². The van der Waals surface area contributed by atoms with Gasteiger partial charge in [-0.1, -0.05) is 6.07 Å². The number of anilines is 1. The van der Waals surface area contributed by atoms with Crippen LogP contribution in [0.1, 0.15) is 19.4 Å². The number of nitrogens with two attached hydrogens (primary N) is 1. The topological polar surface area (TPSA) is 66.5 Å². The molecule has 3 nitrogen and oxygen atoms in total. The maximum absolute atomic E-state index is 9.60. The summed E-state index contributed by atoms with van der Waals surface area (Å²) in [5.74, 6) is 0.112. The van der Waals surface area contributed by atoms with E-state index in [1.165, 1.54) is 12.1 Å². The third-order valence-corrected chi connectivity index (χ3v) is 1.69. The van der Waals surface area contributed by atoms with Crippen LogP contribution >= 0.6 is 0 Å². The average Bonchev–Trinajstić information content (AvgIpc) is 1.83. The Morgan fingerprint density at radius 1 is 1.33 bits per heavy atom. The highest BCUT2D eigenvalue weighted by Gasteiger charge is 2.18. The molecule has 0 aliphatic heterocycles. The molecule has 0 unspecified atom stereocenters. The molecule has 0 aromatic heterocycles. The predicted octanol–water partition coefficient (Wildman–Crippen LogP) is 1.20. The van der Waals surface area contributed by atoms with Gasteiger partial charge in [-0.25, -0.2) is 0 Å². The van der Waals surface area contributed by atoms with Crippen LogP contribution in [-0.2, 0) is 5.60 Å². The molecule has 0 heterocycles. The number of aromatic hydroxyl groups is 1. The van der Waals surface area contributed by atoms with Crippen molar-refractivity contribution in [2.75, 3.05) is 5.73 Å². The van der Waals surface area contributed by atoms with E-state index in [1.54, 1.807) is 19.9 Å². The molecule has 0 atom stereocenters. The summed E-state index contributed by atoms with van der Waals surface area (Å²) < 4.78 is 0. The van der Waals surface area contributed by atoms with E-state index < -0.39 is 5.60 Å². The van der Waals surface area contributed by atoms with Crippen LogP contribution in [-0.4, -0.2) is 10.2 Å². The Morgan fingerprint density at radius 3 is 2.33 bits per heavy atom. The summed E-state index contributed by atoms with van der Waals surface area (Å²) in [7, 11) is 0. The molecule has 0 aliphatic rings. The van der Waals surface area contributed by atoms with Crippen LogP contribution in [0.15, 0.2) is 18.2 Å². The third-order valence-electron chi connectivity index (χ3n) is 1.69. The Hall–Kier alpha value is -1.22. The van der Waals surface area contributed by atoms with E-state index in [0.717, 1.165) is 0 Å². The number of hydrogen-bond donors (Lipinski definition) is 3. The van der Waals surface area contributed by atoms with E-state index in [-0.39, 0.29) is 5.75 Å². The van der Waals surface area contributed by atoms with E-state index in [4.69, 9.17) is 10.8 Å². The number of phenols is 1. The molecular weight excluding hydrogens is 154 g/mol. The van der Waals surface area contributed by atoms with Crippen LogP contribution in [0.2, 0.25) is 0 Å². The standard InChI is InChI=1S/C9H13NO2/c1-9(2,12)7-4-3-6(11)5-8(7)10/h3-5,11-12H,10H2,1-2H3. The molecule has 0 amide bonds. The molecule has 0 fully saturated rings. The van der Waals surface area contributed by atoms with E-state index >= 15 is 0 Å². The number of benzene rings is 1. The van der Waals surface area contributed by atoms with Gasteiger partial charge in [0.15, 0.2) is 0 Å². The van der Waals surface area contributed by atoms with Crippen molar-refractivity contribution >= 4 is 5.69 Å². The Bertz CT molecular complexity index is 289. The Morgan fingerprint density at radius 2 is 1.92 bits per heavy atom. The highest BCUT2D eigenvalue weighted by atomic mass is 16.3. The van der Waals surface area contributed by atoms with Gasteiger partial charge in [-0.2, -0.15) is 0 Å². The summed E-state index contributed by atoms with van der Waals surface area (Å²) in [4.78, 5) is 0. The molecule has 66 valence electrons. The van der Waals surface area contributed by atoms with Gasteiger partial charge in [0.05, 0.1) is 5.60 Å². The number of phenolic OH excluding ortho intramolecular Hbond substituents is 1. The summed E-state index contributed by atoms with van der Waals surface area (Å²) in [6.07, 6.45) is 0. The second-order valence-corrected chi connectivity index (χ2v) is 3.33. The first kappa shape index (κ1) is 8.87. The molecule has 0 radical (unpaired) electrons. The first-order valence-electron chi connectivity index (χ1n) is 3.72. The lowest BCUT2D eigenvalue weighted by molar-refractivity contribution is 0.0794. The second kappa shape index (κ2) is 2.68. The number of aliphatic hydroxyl groups is 1. The highest BCUT2D eigenvalue weighted by Crippen LogP contribution is 2.28. The number of hydrogen-bond acceptors (Lipinski definition) is 3. The Balaban J connectivity index is 3.19. The summed E-state index contributed by atoms with van der Waals surface area (Å²) in [6.45, 7) is 3.30. The molecule has 1 aromatic rings. The molecule has 0 spiro atoms. The molecule has 4 N–H and O–H groups in total. The van der Waals surface area contributed by atoms with Gasteiger partial charge in [0, 0.05) is 17.3 Å². The van der Waals surface area contributed by atoms with E-state index in [9.17, 15) is 5.11 Å². The lowest BCUT2D eigenvalue weighted by Gasteiger charge is -2.19. The normalized spacial score (nSPS) is 11.6. The summed E-state index contributed by atoms with van der Waals surface area (Å²) in [5.41, 5.74) is 5.66. The molecule has 0 aliphatic carbocycles. The Kier molecular flexibility index (Phi) is 1.98. The zero-order valence-electron chi connectivity index (χ0n) is 7.20. The largest absolute Gasteiger partial charge is 0.508 e. The molecule has 0 saturated heterocycles. The molecule has 1 rings (SSSR count). The second-order valence-electron chi connectivity index (χ2n) is 3.33. The van der Waals surface area contributed by atoms with Crippen LogP contribution in [0.3, 0.4) is 0 Å². The first-order valence-corrected chi connectivity index (χ1v) is 3.72. The van der Waals surface area contributed by atoms with Gasteiger partial charge in [-0.3, -0.25) is 0 Å². The Labute approximate surface area is 71.5 Å². The van der Waals surface area contributed by atoms with Crippen molar-refractivity contribution in [3.8, 4) is 5.75 Å². The SMILES string of the molecule is CC(C)(O)c1ccc(O)cc1N. The van der Waals surface area contributed by atoms with Gasteiger partial charge in [-0.15, -0.1) is 0 Å². The van der Waals surface area contributed by atoms with Crippen molar-refractivity contribution in [2.24, 2.45) is 0 Å². The van der Waals surface area contributed by atoms with Crippen LogP contribution in [0.5, 0.6) is 5.75 Å². The van der Waals surface area contributed by atoms with Crippen molar-refractivity contribution in [1.82, 2.24) is 0 Å². The van der Waals surface area contributed by atoms with Crippen molar-refractivity contribution in [1.29, 1.82) is 0 Å². The van der Waals surface area contributed by atoms with Gasteiger partial charge in [0.25, 0.3) is 0 Å². The molecule has 1 aromatic carbocycles. The van der Waals surface area contributed by atoms with Gasteiger partial charge in [0.1, 0.15) is 5.75 Å². The van der Waals surface area contributed by atoms with Crippen molar-refractivity contribution in [3.05, 3.63) is 23.8 Å². The fourth-order valence-corrected chi connectivity index (χ4v) is 1.11. The molecule has 3 heteroatoms. The lowest BCUT2D eigenvalue weighted by atomic mass is 9.97. The minimum absolute atomic E-state index is 0.112. The smallest absolute Gasteiger partial charge is 0.117 e. The quantitative estimate of drug-likeness (QED) is 0.550. The lowest BCUT2D eigenvalue weighted by Crippen LogP contribution is -2.17. The van der Waals surface area contributed by atoms with Crippen LogP contribution in [0, 0.1) is 0 Å². The third kappa shape index (κ3) is 1.68. The minimum atomic E-state index is -0.961. The molecule has 0 bridgehead atoms. The van der Waals surface area contributed by atoms with Crippen LogP contribution in [0.25, 0.3) is 0 Å². The summed E-state index contributed by atoms with van der Waals surface area (Å²) in [6, 6.07) is 4.54. The zero-order chi connectivity index (χ0) is 9.35. The van der Waals surface area contributed by atoms with Crippen molar-refractivity contribution in [2.45, 2.75) is 19.4 Å². The molecule has 12 heavy (non-hydrogen) atoms. The van der Waals surface area contributed by atoms with E-state index in [0.29, 0.717) is 11.3 Å².